The van der Waals surface area contributed by atoms with Gasteiger partial charge in [0.15, 0.2) is 0 Å². The van der Waals surface area contributed by atoms with Crippen LogP contribution < -0.4 is 11.1 Å². The van der Waals surface area contributed by atoms with E-state index in [9.17, 15) is 4.79 Å². The van der Waals surface area contributed by atoms with Crippen LogP contribution in [-0.2, 0) is 4.74 Å². The van der Waals surface area contributed by atoms with Crippen molar-refractivity contribution in [1.82, 2.24) is 0 Å². The molecular formula is C11H13N3O2. The maximum atomic E-state index is 11.2. The predicted octanol–water partition coefficient (Wildman–Crippen LogP) is 1.46. The van der Waals surface area contributed by atoms with Crippen molar-refractivity contribution in [3.63, 3.8) is 0 Å². The predicted molar refractivity (Wildman–Crippen MR) is 59.8 cm³/mol. The van der Waals surface area contributed by atoms with E-state index in [1.165, 1.54) is 0 Å². The van der Waals surface area contributed by atoms with E-state index in [4.69, 9.17) is 15.7 Å². The van der Waals surface area contributed by atoms with Gasteiger partial charge < -0.3 is 10.5 Å². The molecule has 0 aliphatic rings. The Balaban J connectivity index is 2.47. The summed E-state index contributed by atoms with van der Waals surface area (Å²) in [6.07, 6.45) is 0.0922. The number of anilines is 1. The zero-order chi connectivity index (χ0) is 11.8. The maximum absolute atomic E-state index is 11.2. The van der Waals surface area contributed by atoms with E-state index in [2.05, 4.69) is 5.32 Å². The zero-order valence-electron chi connectivity index (χ0n) is 8.77. The lowest BCUT2D eigenvalue weighted by molar-refractivity contribution is 0.161. The number of rotatable bonds is 4. The average molecular weight is 219 g/mol. The molecule has 1 aromatic rings. The van der Waals surface area contributed by atoms with Crippen LogP contribution in [0.2, 0.25) is 0 Å². The van der Waals surface area contributed by atoms with E-state index in [1.54, 1.807) is 24.3 Å². The van der Waals surface area contributed by atoms with Gasteiger partial charge in [0, 0.05) is 5.69 Å². The Morgan fingerprint density at radius 1 is 1.56 bits per heavy atom. The molecule has 0 bridgehead atoms. The fourth-order valence-electron chi connectivity index (χ4n) is 1.07. The Morgan fingerprint density at radius 2 is 2.38 bits per heavy atom. The van der Waals surface area contributed by atoms with Crippen LogP contribution in [0.5, 0.6) is 0 Å². The Kier molecular flexibility index (Phi) is 4.83. The topological polar surface area (TPSA) is 88.1 Å². The molecule has 3 N–H and O–H groups in total. The summed E-state index contributed by atoms with van der Waals surface area (Å²) in [7, 11) is 0. The van der Waals surface area contributed by atoms with Gasteiger partial charge in [-0.3, -0.25) is 5.32 Å². The van der Waals surface area contributed by atoms with Crippen molar-refractivity contribution < 1.29 is 9.53 Å². The smallest absolute Gasteiger partial charge is 0.411 e. The van der Waals surface area contributed by atoms with Gasteiger partial charge in [-0.2, -0.15) is 5.26 Å². The van der Waals surface area contributed by atoms with Gasteiger partial charge >= 0.3 is 6.09 Å². The summed E-state index contributed by atoms with van der Waals surface area (Å²) >= 11 is 0. The molecule has 84 valence electrons. The minimum atomic E-state index is -0.538. The Morgan fingerprint density at radius 3 is 3.06 bits per heavy atom. The molecule has 1 rings (SSSR count). The summed E-state index contributed by atoms with van der Waals surface area (Å²) in [5.41, 5.74) is 6.28. The van der Waals surface area contributed by atoms with Gasteiger partial charge in [-0.05, 0) is 31.2 Å². The van der Waals surface area contributed by atoms with Gasteiger partial charge in [0.25, 0.3) is 0 Å². The first-order chi connectivity index (χ1) is 7.76. The number of nitrogens with two attached hydrogens (primary N) is 1. The van der Waals surface area contributed by atoms with Gasteiger partial charge in [-0.15, -0.1) is 0 Å². The molecule has 1 amide bonds. The van der Waals surface area contributed by atoms with E-state index in [0.29, 0.717) is 30.8 Å². The molecule has 1 aromatic carbocycles. The second-order valence-corrected chi connectivity index (χ2v) is 3.10. The first-order valence-electron chi connectivity index (χ1n) is 4.90. The summed E-state index contributed by atoms with van der Waals surface area (Å²) in [5, 5.41) is 11.2. The lowest BCUT2D eigenvalue weighted by Gasteiger charge is -2.06. The Hall–Kier alpha value is -2.06. The van der Waals surface area contributed by atoms with Crippen LogP contribution in [0, 0.1) is 11.3 Å². The molecule has 0 aromatic heterocycles. The number of benzene rings is 1. The highest BCUT2D eigenvalue weighted by Crippen LogP contribution is 2.09. The molecule has 0 atom stereocenters. The number of carbonyl (C=O) groups is 1. The highest BCUT2D eigenvalue weighted by atomic mass is 16.5. The molecule has 0 aliphatic carbocycles. The van der Waals surface area contributed by atoms with Crippen molar-refractivity contribution in [3.05, 3.63) is 29.8 Å². The van der Waals surface area contributed by atoms with E-state index >= 15 is 0 Å². The largest absolute Gasteiger partial charge is 0.449 e. The molecular weight excluding hydrogens is 206 g/mol. The van der Waals surface area contributed by atoms with Crippen molar-refractivity contribution in [3.8, 4) is 6.07 Å². The summed E-state index contributed by atoms with van der Waals surface area (Å²) in [5.74, 6) is 0. The van der Waals surface area contributed by atoms with Crippen LogP contribution in [-0.4, -0.2) is 19.2 Å². The molecule has 16 heavy (non-hydrogen) atoms. The SMILES string of the molecule is N#Cc1cccc(NC(=O)OCCCN)c1. The van der Waals surface area contributed by atoms with Crippen LogP contribution in [0.1, 0.15) is 12.0 Å². The average Bonchev–Trinajstić information content (AvgIpc) is 2.29. The van der Waals surface area contributed by atoms with E-state index in [-0.39, 0.29) is 0 Å². The molecule has 0 spiro atoms. The highest BCUT2D eigenvalue weighted by molar-refractivity contribution is 5.84. The molecule has 0 aliphatic heterocycles. The Labute approximate surface area is 93.8 Å². The summed E-state index contributed by atoms with van der Waals surface area (Å²) in [6.45, 7) is 0.775. The second kappa shape index (κ2) is 6.43. The third-order valence-electron chi connectivity index (χ3n) is 1.82. The van der Waals surface area contributed by atoms with Crippen molar-refractivity contribution in [1.29, 1.82) is 5.26 Å². The van der Waals surface area contributed by atoms with Gasteiger partial charge in [0.1, 0.15) is 0 Å². The first-order valence-corrected chi connectivity index (χ1v) is 4.90. The van der Waals surface area contributed by atoms with Gasteiger partial charge in [0.05, 0.1) is 18.2 Å². The molecule has 0 heterocycles. The number of ether oxygens (including phenoxy) is 1. The third kappa shape index (κ3) is 3.98. The fourth-order valence-corrected chi connectivity index (χ4v) is 1.07. The van der Waals surface area contributed by atoms with Gasteiger partial charge in [-0.1, -0.05) is 6.07 Å². The zero-order valence-corrected chi connectivity index (χ0v) is 8.77. The molecule has 0 fully saturated rings. The van der Waals surface area contributed by atoms with Crippen LogP contribution in [0.4, 0.5) is 10.5 Å². The molecule has 0 saturated heterocycles. The van der Waals surface area contributed by atoms with E-state index in [0.717, 1.165) is 0 Å². The van der Waals surface area contributed by atoms with Crippen molar-refractivity contribution in [2.75, 3.05) is 18.5 Å². The van der Waals surface area contributed by atoms with Crippen molar-refractivity contribution >= 4 is 11.8 Å². The maximum Gasteiger partial charge on any atom is 0.411 e. The normalized spacial score (nSPS) is 9.25. The quantitative estimate of drug-likeness (QED) is 0.750. The van der Waals surface area contributed by atoms with Crippen LogP contribution in [0.3, 0.4) is 0 Å². The summed E-state index contributed by atoms with van der Waals surface area (Å²) in [6, 6.07) is 8.59. The lowest BCUT2D eigenvalue weighted by Crippen LogP contribution is -2.16. The number of nitriles is 1. The van der Waals surface area contributed by atoms with Gasteiger partial charge in [-0.25, -0.2) is 4.79 Å². The van der Waals surface area contributed by atoms with E-state index in [1.807, 2.05) is 6.07 Å². The number of carbonyl (C=O) groups excluding carboxylic acids is 1. The van der Waals surface area contributed by atoms with Crippen molar-refractivity contribution in [2.24, 2.45) is 5.73 Å². The Bertz CT molecular complexity index is 398. The van der Waals surface area contributed by atoms with Crippen LogP contribution in [0.15, 0.2) is 24.3 Å². The summed E-state index contributed by atoms with van der Waals surface area (Å²) < 4.78 is 4.85. The van der Waals surface area contributed by atoms with E-state index < -0.39 is 6.09 Å². The molecule has 5 heteroatoms. The minimum Gasteiger partial charge on any atom is -0.449 e. The number of hydrogen-bond donors (Lipinski definition) is 2. The number of nitrogens with one attached hydrogen (secondary N) is 1. The molecule has 5 nitrogen and oxygen atoms in total. The first kappa shape index (κ1) is 12.0. The summed E-state index contributed by atoms with van der Waals surface area (Å²) in [4.78, 5) is 11.2. The molecule has 0 saturated carbocycles. The van der Waals surface area contributed by atoms with Crippen molar-refractivity contribution in [2.45, 2.75) is 6.42 Å². The number of amides is 1. The third-order valence-corrected chi connectivity index (χ3v) is 1.82. The van der Waals surface area contributed by atoms with Gasteiger partial charge in [0.2, 0.25) is 0 Å². The lowest BCUT2D eigenvalue weighted by atomic mass is 10.2. The number of nitrogens with zero attached hydrogens (tertiary/aromatic N) is 1. The number of hydrogen-bond acceptors (Lipinski definition) is 4. The second-order valence-electron chi connectivity index (χ2n) is 3.10. The monoisotopic (exact) mass is 219 g/mol. The molecule has 0 unspecified atom stereocenters. The van der Waals surface area contributed by atoms with Crippen LogP contribution >= 0.6 is 0 Å². The fraction of sp³-hybridized carbons (Fsp3) is 0.273. The highest BCUT2D eigenvalue weighted by Gasteiger charge is 2.02. The van der Waals surface area contributed by atoms with Crippen LogP contribution in [0.25, 0.3) is 0 Å². The standard InChI is InChI=1S/C11H13N3O2/c12-5-2-6-16-11(15)14-10-4-1-3-9(7-10)8-13/h1,3-4,7H,2,5-6,12H2,(H,14,15). The minimum absolute atomic E-state index is 0.292. The molecule has 0 radical (unpaired) electrons.